The van der Waals surface area contributed by atoms with Crippen LogP contribution in [-0.4, -0.2) is 352 Å². The number of aliphatic hydroxyl groups excluding tert-OH is 12. The molecule has 21 atom stereocenters. The van der Waals surface area contributed by atoms with Crippen LogP contribution in [0.25, 0.3) is 11.2 Å². The average molecular weight is 1590 g/mol. The van der Waals surface area contributed by atoms with Crippen LogP contribution in [0, 0.1) is 0 Å². The predicted octanol–water partition coefficient (Wildman–Crippen LogP) is -8.36. The number of carbonyl (C=O) groups excluding carboxylic acids is 7. The number of anilines is 3. The monoisotopic (exact) mass is 1590 g/mol. The molecule has 22 N–H and O–H groups in total. The van der Waals surface area contributed by atoms with Crippen molar-refractivity contribution in [1.29, 1.82) is 0 Å². The van der Waals surface area contributed by atoms with E-state index in [1.165, 1.54) is 6.20 Å². The number of benzene rings is 1. The van der Waals surface area contributed by atoms with Crippen LogP contribution in [0.1, 0.15) is 80.3 Å². The molecule has 4 aliphatic rings. The number of hydroxylamine groups is 1. The minimum Gasteiger partial charge on any atom is -0.466 e. The van der Waals surface area contributed by atoms with E-state index in [0.29, 0.717) is 49.9 Å². The van der Waals surface area contributed by atoms with Gasteiger partial charge in [0.1, 0.15) is 97.5 Å². The minimum absolute atomic E-state index is 0.0106. The zero-order chi connectivity index (χ0) is 80.7. The number of ether oxygens (including phenoxy) is 13. The summed E-state index contributed by atoms with van der Waals surface area (Å²) in [4.78, 5) is 111. The number of hydrogen-bond donors (Lipinski definition) is 19. The SMILES string of the molecule is CN(Cc1cnc2nc(N)nc(N)c2n1)c1ccc(C(=O)N[C@H](CCC(=O)OCCCCCC(=O)NCCOCCOC2O[C@@H](CO)[C@@H](O)[C@H](O)[C@@H]2O[C@H]2O[C@H](CO)[C@@H](O)[C@H](NOC=O)[C@@H]2O)C(=O)OCCCCCC(=O)NCCOCCOC2O[C@H](CO)[C@H](O)[C@@H](O)[C@H]2O[C@@H]2O[C@@H](CO)[C@H](O)[C@@H](OC(N)=O)[C@H]2O)cc1. The number of rotatable bonds is 47. The van der Waals surface area contributed by atoms with Gasteiger partial charge in [0.25, 0.3) is 5.91 Å². The fourth-order valence-electron chi connectivity index (χ4n) is 11.9. The number of nitrogen functional groups attached to an aromatic ring is 2. The highest BCUT2D eigenvalue weighted by Gasteiger charge is 2.54. The predicted molar refractivity (Wildman–Crippen MR) is 371 cm³/mol. The van der Waals surface area contributed by atoms with Crippen molar-refractivity contribution >= 4 is 70.8 Å². The number of primary amides is 1. The summed E-state index contributed by atoms with van der Waals surface area (Å²) in [6, 6.07) is 3.70. The topological polar surface area (TPSA) is 672 Å². The molecule has 7 rings (SSSR count). The molecule has 6 heterocycles. The van der Waals surface area contributed by atoms with Crippen LogP contribution < -0.4 is 43.5 Å². The number of amides is 4. The number of aromatic nitrogens is 4. The van der Waals surface area contributed by atoms with Crippen LogP contribution in [-0.2, 0) is 96.9 Å². The normalized spacial score (nSPS) is 28.3. The maximum Gasteiger partial charge on any atom is 0.404 e. The fraction of sp³-hybridized carbons (Fsp3) is 0.712. The lowest BCUT2D eigenvalue weighted by atomic mass is 9.96. The molecule has 45 heteroatoms. The second-order valence-corrected chi connectivity index (χ2v) is 25.9. The third-order valence-electron chi connectivity index (χ3n) is 17.9. The Bertz CT molecular complexity index is 3370. The summed E-state index contributed by atoms with van der Waals surface area (Å²) in [7, 11) is 1.79. The number of aliphatic hydroxyl groups is 12. The first-order valence-electron chi connectivity index (χ1n) is 35.8. The molecule has 4 fully saturated rings. The molecule has 1 aromatic carbocycles. The van der Waals surface area contributed by atoms with Gasteiger partial charge in [-0.1, -0.05) is 0 Å². The number of nitrogens with one attached hydrogen (secondary N) is 4. The molecule has 0 saturated carbocycles. The van der Waals surface area contributed by atoms with Crippen molar-refractivity contribution in [2.24, 2.45) is 5.73 Å². The summed E-state index contributed by atoms with van der Waals surface area (Å²) in [5.74, 6) is -2.74. The number of nitrogens with two attached hydrogens (primary N) is 3. The summed E-state index contributed by atoms with van der Waals surface area (Å²) in [6.07, 6.45) is -28.7. The molecule has 0 spiro atoms. The minimum atomic E-state index is -1.92. The van der Waals surface area contributed by atoms with E-state index in [9.17, 15) is 94.8 Å². The Morgan fingerprint density at radius 1 is 0.577 bits per heavy atom. The zero-order valence-electron chi connectivity index (χ0n) is 60.7. The van der Waals surface area contributed by atoms with Crippen molar-refractivity contribution in [2.75, 3.05) is 116 Å². The Morgan fingerprint density at radius 3 is 1.64 bits per heavy atom. The Kier molecular flexibility index (Phi) is 37.8. The fourth-order valence-corrected chi connectivity index (χ4v) is 11.9. The van der Waals surface area contributed by atoms with Crippen LogP contribution >= 0.6 is 0 Å². The third-order valence-corrected chi connectivity index (χ3v) is 17.9. The van der Waals surface area contributed by atoms with Crippen molar-refractivity contribution in [3.8, 4) is 0 Å². The highest BCUT2D eigenvalue weighted by atomic mass is 16.8. The van der Waals surface area contributed by atoms with Gasteiger partial charge in [-0.25, -0.2) is 19.6 Å². The van der Waals surface area contributed by atoms with E-state index in [-0.39, 0.29) is 145 Å². The number of carbonyl (C=O) groups is 7. The molecular weight excluding hydrogens is 1490 g/mol. The molecule has 4 amide bonds. The van der Waals surface area contributed by atoms with Crippen molar-refractivity contribution in [3.05, 3.63) is 41.7 Å². The van der Waals surface area contributed by atoms with Gasteiger partial charge in [0, 0.05) is 50.7 Å². The molecular formula is C66H102N12O33. The molecule has 0 aliphatic carbocycles. The van der Waals surface area contributed by atoms with E-state index in [1.807, 2.05) is 4.90 Å². The van der Waals surface area contributed by atoms with E-state index in [1.54, 1.807) is 31.3 Å². The maximum absolute atomic E-state index is 13.7. The summed E-state index contributed by atoms with van der Waals surface area (Å²) in [6.45, 7) is -3.31. The van der Waals surface area contributed by atoms with Crippen LogP contribution in [0.5, 0.6) is 0 Å². The Labute approximate surface area is 634 Å². The summed E-state index contributed by atoms with van der Waals surface area (Å²) >= 11 is 0. The Hall–Kier alpha value is -7.79. The number of nitrogens with zero attached hydrogens (tertiary/aromatic N) is 5. The number of hydrogen-bond acceptors (Lipinski definition) is 41. The van der Waals surface area contributed by atoms with Gasteiger partial charge >= 0.3 is 24.5 Å². The van der Waals surface area contributed by atoms with E-state index in [0.717, 1.165) is 0 Å². The van der Waals surface area contributed by atoms with E-state index in [4.69, 9.17) is 78.8 Å². The average Bonchev–Trinajstić information content (AvgIpc) is 0.790. The lowest BCUT2D eigenvalue weighted by molar-refractivity contribution is -0.367. The summed E-state index contributed by atoms with van der Waals surface area (Å²) < 4.78 is 71.9. The summed E-state index contributed by atoms with van der Waals surface area (Å²) in [5.41, 5.74) is 20.8. The molecule has 45 nitrogen and oxygen atoms in total. The van der Waals surface area contributed by atoms with Gasteiger partial charge in [0.2, 0.25) is 17.8 Å². The standard InChI is InChI=1S/C66H102N12O33/c1-78(27-34-26-72-58-45(73-34)57(67)75-65(68)76-58)35-12-10-33(11-13-35)59(95)74-36(60(96)101-19-7-3-5-9-42(85)71-17-21-99-23-25-103-64-56(52(93)48(89)39(30-81)108-64)110-62-53(94)54(111-66(69)97)49(90)40(31-82)106-62)14-15-43(86)100-18-6-2-4-8-41(84)70-16-20-98-22-24-102-63-55(51(92)47(88)38(29-80)107-63)109-61-50(91)44(77-104-32-83)46(87)37(28-79)105-61/h10-13,26,32,36-40,44,46-56,61-64,77,79-82,87-94H,2-9,14-25,27-31H2,1H3,(H2,69,97)(H,70,84)(H,71,85)(H,74,95)(H4,67,68,72,75,76)/t36-,37-,38+,39-,40+,44+,46-,47-,48+,49+,50+,51+,52-,53-,54-,55+,56-,61-,62+,63?,64?/m1/s1. The first kappa shape index (κ1) is 90.4. The van der Waals surface area contributed by atoms with Gasteiger partial charge < -0.3 is 166 Å². The third kappa shape index (κ3) is 27.2. The van der Waals surface area contributed by atoms with Crippen LogP contribution in [0.15, 0.2) is 30.5 Å². The highest BCUT2D eigenvalue weighted by molar-refractivity contribution is 5.97. The summed E-state index contributed by atoms with van der Waals surface area (Å²) in [5, 5.41) is 133. The van der Waals surface area contributed by atoms with Gasteiger partial charge in [-0.15, -0.1) is 5.48 Å². The lowest BCUT2D eigenvalue weighted by Gasteiger charge is -2.46. The molecule has 4 aliphatic heterocycles. The largest absolute Gasteiger partial charge is 0.466 e. The molecule has 2 unspecified atom stereocenters. The van der Waals surface area contributed by atoms with Gasteiger partial charge in [-0.05, 0) is 69.2 Å². The number of unbranched alkanes of at least 4 members (excludes halogenated alkanes) is 4. The molecule has 3 aromatic rings. The highest BCUT2D eigenvalue weighted by Crippen LogP contribution is 2.33. The maximum atomic E-state index is 13.7. The van der Waals surface area contributed by atoms with Gasteiger partial charge in [0.15, 0.2) is 48.2 Å². The van der Waals surface area contributed by atoms with Gasteiger partial charge in [-0.3, -0.25) is 24.0 Å². The van der Waals surface area contributed by atoms with Crippen molar-refractivity contribution in [1.82, 2.24) is 41.4 Å². The number of fused-ring (bicyclic) bond motifs is 1. The quantitative estimate of drug-likeness (QED) is 0.00821. The molecule has 2 aromatic heterocycles. The van der Waals surface area contributed by atoms with Crippen LogP contribution in [0.2, 0.25) is 0 Å². The van der Waals surface area contributed by atoms with E-state index >= 15 is 0 Å². The second kappa shape index (κ2) is 46.4. The molecule has 4 saturated heterocycles. The van der Waals surface area contributed by atoms with E-state index in [2.05, 4.69) is 46.2 Å². The van der Waals surface area contributed by atoms with Gasteiger partial charge in [-0.2, -0.15) is 9.97 Å². The van der Waals surface area contributed by atoms with Crippen LogP contribution in [0.4, 0.5) is 22.2 Å². The van der Waals surface area contributed by atoms with Gasteiger partial charge in [0.05, 0.1) is 97.7 Å². The van der Waals surface area contributed by atoms with Crippen molar-refractivity contribution in [2.45, 2.75) is 200 Å². The van der Waals surface area contributed by atoms with Crippen molar-refractivity contribution in [3.63, 3.8) is 0 Å². The molecule has 624 valence electrons. The smallest absolute Gasteiger partial charge is 0.404 e. The molecule has 111 heavy (non-hydrogen) atoms. The van der Waals surface area contributed by atoms with E-state index < -0.39 is 179 Å². The van der Waals surface area contributed by atoms with Crippen LogP contribution in [0.3, 0.4) is 0 Å². The lowest BCUT2D eigenvalue weighted by Crippen LogP contribution is -2.67. The first-order valence-corrected chi connectivity index (χ1v) is 35.8. The second-order valence-electron chi connectivity index (χ2n) is 25.9. The van der Waals surface area contributed by atoms with Crippen molar-refractivity contribution < 1.29 is 161 Å². The Balaban J connectivity index is 0.795. The molecule has 0 radical (unpaired) electrons. The first-order chi connectivity index (χ1) is 53.3. The zero-order valence-corrected chi connectivity index (χ0v) is 60.7. The number of esters is 2. The molecule has 0 bridgehead atoms. The Morgan fingerprint density at radius 2 is 1.10 bits per heavy atom.